The van der Waals surface area contributed by atoms with Crippen LogP contribution >= 0.6 is 0 Å². The fourth-order valence-corrected chi connectivity index (χ4v) is 6.86. The molecule has 3 heterocycles. The van der Waals surface area contributed by atoms with Crippen LogP contribution in [0.4, 0.5) is 0 Å². The van der Waals surface area contributed by atoms with Gasteiger partial charge in [-0.15, -0.1) is 0 Å². The molecule has 2 aliphatic rings. The maximum Gasteiger partial charge on any atom is 0.325 e. The largest absolute Gasteiger partial charge is 0.489 e. The molecule has 0 spiro atoms. The van der Waals surface area contributed by atoms with Crippen molar-refractivity contribution in [2.24, 2.45) is 0 Å². The topological polar surface area (TPSA) is 103 Å². The Kier molecular flexibility index (Phi) is 6.33. The van der Waals surface area contributed by atoms with Gasteiger partial charge in [-0.25, -0.2) is 8.42 Å². The highest BCUT2D eigenvalue weighted by Gasteiger charge is 2.37. The van der Waals surface area contributed by atoms with E-state index in [9.17, 15) is 18.3 Å². The summed E-state index contributed by atoms with van der Waals surface area (Å²) in [5.41, 5.74) is 2.64. The van der Waals surface area contributed by atoms with Crippen LogP contribution in [0.5, 0.6) is 5.75 Å². The number of sulfone groups is 1. The zero-order chi connectivity index (χ0) is 23.7. The summed E-state index contributed by atoms with van der Waals surface area (Å²) in [6.45, 7) is 2.97. The third-order valence-corrected chi connectivity index (χ3v) is 8.65. The molecule has 2 aliphatic heterocycles. The first kappa shape index (κ1) is 22.9. The smallest absolute Gasteiger partial charge is 0.325 e. The molecule has 3 aromatic rings. The van der Waals surface area contributed by atoms with Crippen molar-refractivity contribution in [2.45, 2.75) is 25.1 Å². The van der Waals surface area contributed by atoms with E-state index in [0.717, 1.165) is 27.8 Å². The zero-order valence-corrected chi connectivity index (χ0v) is 19.7. The maximum atomic E-state index is 12.3. The Morgan fingerprint density at radius 2 is 1.88 bits per heavy atom. The number of ether oxygens (including phenoxy) is 1. The van der Waals surface area contributed by atoms with Crippen LogP contribution in [-0.2, 0) is 21.2 Å². The molecule has 34 heavy (non-hydrogen) atoms. The van der Waals surface area contributed by atoms with Gasteiger partial charge in [0.15, 0.2) is 9.84 Å². The Balaban J connectivity index is 1.28. The Labute approximate surface area is 199 Å². The minimum Gasteiger partial charge on any atom is -0.489 e. The average Bonchev–Trinajstić information content (AvgIpc) is 3.41. The molecular formula is C25H29N3O5S. The Bertz CT molecular complexity index is 1270. The highest BCUT2D eigenvalue weighted by molar-refractivity contribution is 7.91. The molecule has 2 saturated heterocycles. The number of H-pyrrole nitrogens is 1. The number of rotatable bonds is 7. The van der Waals surface area contributed by atoms with E-state index in [1.165, 1.54) is 0 Å². The molecule has 2 atom stereocenters. The van der Waals surface area contributed by atoms with Crippen molar-refractivity contribution >= 4 is 26.7 Å². The van der Waals surface area contributed by atoms with Crippen LogP contribution < -0.4 is 4.74 Å². The molecule has 5 rings (SSSR count). The molecule has 2 aromatic carbocycles. The lowest BCUT2D eigenvalue weighted by molar-refractivity contribution is -0.144. The zero-order valence-electron chi connectivity index (χ0n) is 18.9. The molecular weight excluding hydrogens is 454 g/mol. The summed E-state index contributed by atoms with van der Waals surface area (Å²) >= 11 is 0. The van der Waals surface area contributed by atoms with E-state index in [-0.39, 0.29) is 17.5 Å². The molecule has 2 fully saturated rings. The fraction of sp³-hybridized carbons (Fsp3) is 0.400. The van der Waals surface area contributed by atoms with Crippen molar-refractivity contribution in [3.63, 3.8) is 0 Å². The van der Waals surface area contributed by atoms with Gasteiger partial charge in [0.05, 0.1) is 11.5 Å². The third kappa shape index (κ3) is 4.82. The molecule has 0 radical (unpaired) electrons. The van der Waals surface area contributed by atoms with Crippen molar-refractivity contribution < 1.29 is 23.1 Å². The van der Waals surface area contributed by atoms with Crippen molar-refractivity contribution in [3.05, 3.63) is 65.9 Å². The minimum atomic E-state index is -2.94. The van der Waals surface area contributed by atoms with Gasteiger partial charge in [0.1, 0.15) is 18.4 Å². The Morgan fingerprint density at radius 1 is 1.12 bits per heavy atom. The average molecular weight is 484 g/mol. The predicted octanol–water partition coefficient (Wildman–Crippen LogP) is 2.68. The van der Waals surface area contributed by atoms with Crippen molar-refractivity contribution in [1.82, 2.24) is 14.8 Å². The van der Waals surface area contributed by atoms with Gasteiger partial charge in [0.2, 0.25) is 0 Å². The van der Waals surface area contributed by atoms with E-state index < -0.39 is 21.8 Å². The standard InChI is InChI=1S/C25H29N3O5S/c29-25(30)24(28-11-9-27(10-12-28)19-8-13-34(31,32)17-19)22-15-26-23-14-20(6-7-21(22)23)33-16-18-4-2-1-3-5-18/h1-7,14-15,19,24,26H,8-13,16-17H2,(H,29,30)/t19-,24-/m0/s1. The number of carboxylic acids is 1. The van der Waals surface area contributed by atoms with Crippen molar-refractivity contribution in [3.8, 4) is 5.75 Å². The van der Waals surface area contributed by atoms with Crippen LogP contribution in [0.2, 0.25) is 0 Å². The highest BCUT2D eigenvalue weighted by Crippen LogP contribution is 2.32. The Hall–Kier alpha value is -2.88. The lowest BCUT2D eigenvalue weighted by Gasteiger charge is -2.39. The van der Waals surface area contributed by atoms with E-state index in [0.29, 0.717) is 39.2 Å². The molecule has 0 aliphatic carbocycles. The molecule has 0 saturated carbocycles. The molecule has 1 aromatic heterocycles. The molecule has 8 nitrogen and oxygen atoms in total. The number of aromatic amines is 1. The number of carboxylic acid groups (broad SMARTS) is 1. The van der Waals surface area contributed by atoms with Gasteiger partial charge in [-0.1, -0.05) is 30.3 Å². The van der Waals surface area contributed by atoms with Crippen LogP contribution in [0.3, 0.4) is 0 Å². The van der Waals surface area contributed by atoms with E-state index in [1.807, 2.05) is 53.4 Å². The number of piperazine rings is 1. The van der Waals surface area contributed by atoms with Gasteiger partial charge < -0.3 is 14.8 Å². The van der Waals surface area contributed by atoms with E-state index in [2.05, 4.69) is 9.88 Å². The number of aromatic nitrogens is 1. The van der Waals surface area contributed by atoms with Crippen molar-refractivity contribution in [1.29, 1.82) is 0 Å². The predicted molar refractivity (Wildman–Crippen MR) is 130 cm³/mol. The lowest BCUT2D eigenvalue weighted by atomic mass is 10.0. The second-order valence-electron chi connectivity index (χ2n) is 9.10. The van der Waals surface area contributed by atoms with E-state index in [1.54, 1.807) is 6.20 Å². The molecule has 9 heteroatoms. The van der Waals surface area contributed by atoms with Gasteiger partial charge in [0, 0.05) is 61.0 Å². The van der Waals surface area contributed by atoms with Gasteiger partial charge >= 0.3 is 5.97 Å². The SMILES string of the molecule is O=C(O)[C@H](c1c[nH]c2cc(OCc3ccccc3)ccc12)N1CCN([C@H]2CCS(=O)(=O)C2)CC1. The number of hydrogen-bond donors (Lipinski definition) is 2. The summed E-state index contributed by atoms with van der Waals surface area (Å²) in [6.07, 6.45) is 2.45. The summed E-state index contributed by atoms with van der Waals surface area (Å²) in [5.74, 6) is 0.299. The number of benzene rings is 2. The van der Waals surface area contributed by atoms with Gasteiger partial charge in [0.25, 0.3) is 0 Å². The second-order valence-corrected chi connectivity index (χ2v) is 11.3. The van der Waals surface area contributed by atoms with Crippen LogP contribution in [0, 0.1) is 0 Å². The first-order valence-electron chi connectivity index (χ1n) is 11.6. The van der Waals surface area contributed by atoms with E-state index >= 15 is 0 Å². The summed E-state index contributed by atoms with van der Waals surface area (Å²) in [7, 11) is -2.94. The summed E-state index contributed by atoms with van der Waals surface area (Å²) in [5, 5.41) is 11.0. The van der Waals surface area contributed by atoms with E-state index in [4.69, 9.17) is 4.74 Å². The molecule has 0 amide bonds. The maximum absolute atomic E-state index is 12.3. The summed E-state index contributed by atoms with van der Waals surface area (Å²) in [6, 6.07) is 14.9. The van der Waals surface area contributed by atoms with Crippen LogP contribution in [-0.4, -0.2) is 78.0 Å². The number of nitrogens with zero attached hydrogens (tertiary/aromatic N) is 2. The lowest BCUT2D eigenvalue weighted by Crippen LogP contribution is -2.52. The molecule has 2 N–H and O–H groups in total. The van der Waals surface area contributed by atoms with Crippen LogP contribution in [0.15, 0.2) is 54.7 Å². The number of aliphatic carboxylic acids is 1. The molecule has 180 valence electrons. The normalized spacial score (nSPS) is 22.1. The highest BCUT2D eigenvalue weighted by atomic mass is 32.2. The number of nitrogens with one attached hydrogen (secondary N) is 1. The second kappa shape index (κ2) is 9.40. The van der Waals surface area contributed by atoms with Crippen LogP contribution in [0.1, 0.15) is 23.6 Å². The Morgan fingerprint density at radius 3 is 2.56 bits per heavy atom. The fourth-order valence-electron chi connectivity index (χ4n) is 5.09. The first-order chi connectivity index (χ1) is 16.4. The van der Waals surface area contributed by atoms with Gasteiger partial charge in [-0.3, -0.25) is 14.6 Å². The number of carbonyl (C=O) groups is 1. The summed E-state index contributed by atoms with van der Waals surface area (Å²) < 4.78 is 29.6. The molecule has 0 bridgehead atoms. The number of hydrogen-bond acceptors (Lipinski definition) is 6. The minimum absolute atomic E-state index is 0.0535. The quantitative estimate of drug-likeness (QED) is 0.533. The number of fused-ring (bicyclic) bond motifs is 1. The summed E-state index contributed by atoms with van der Waals surface area (Å²) in [4.78, 5) is 19.7. The van der Waals surface area contributed by atoms with Crippen molar-refractivity contribution in [2.75, 3.05) is 37.7 Å². The monoisotopic (exact) mass is 483 g/mol. The van der Waals surface area contributed by atoms with Gasteiger partial charge in [-0.2, -0.15) is 0 Å². The van der Waals surface area contributed by atoms with Gasteiger partial charge in [-0.05, 0) is 24.1 Å². The first-order valence-corrected chi connectivity index (χ1v) is 13.4. The molecule has 0 unspecified atom stereocenters. The third-order valence-electron chi connectivity index (χ3n) is 6.90. The van der Waals surface area contributed by atoms with Crippen LogP contribution in [0.25, 0.3) is 10.9 Å².